The summed E-state index contributed by atoms with van der Waals surface area (Å²) in [5.41, 5.74) is 1.66. The number of aliphatic carboxylic acids is 1. The van der Waals surface area contributed by atoms with Crippen LogP contribution < -0.4 is 15.4 Å². The topological polar surface area (TPSA) is 147 Å². The molecule has 19 heteroatoms. The number of halogens is 7. The van der Waals surface area contributed by atoms with Crippen LogP contribution in [0.15, 0.2) is 61.1 Å². The van der Waals surface area contributed by atoms with Crippen LogP contribution in [0.1, 0.15) is 18.0 Å². The van der Waals surface area contributed by atoms with E-state index in [9.17, 15) is 21.6 Å². The zero-order valence-corrected chi connectivity index (χ0v) is 26.8. The molecule has 11 nitrogen and oxygen atoms in total. The zero-order chi connectivity index (χ0) is 35.7. The van der Waals surface area contributed by atoms with Crippen LogP contribution in [-0.2, 0) is 15.0 Å². The van der Waals surface area contributed by atoms with Crippen LogP contribution in [0.25, 0.3) is 28.1 Å². The van der Waals surface area contributed by atoms with E-state index in [2.05, 4.69) is 20.3 Å². The highest BCUT2D eigenvalue weighted by Crippen LogP contribution is 2.43. The smallest absolute Gasteiger partial charge is 0.475 e. The number of carboxylic acid groups (broad SMARTS) is 1. The Morgan fingerprint density at radius 1 is 1.02 bits per heavy atom. The maximum Gasteiger partial charge on any atom is 0.490 e. The molecule has 2 aliphatic rings. The minimum Gasteiger partial charge on any atom is -0.475 e. The van der Waals surface area contributed by atoms with Crippen molar-refractivity contribution in [2.75, 3.05) is 37.6 Å². The van der Waals surface area contributed by atoms with Gasteiger partial charge in [-0.15, -0.1) is 0 Å². The molecule has 0 saturated carbocycles. The van der Waals surface area contributed by atoms with Crippen molar-refractivity contribution in [2.24, 2.45) is 5.14 Å². The Kier molecular flexibility index (Phi) is 10.5. The summed E-state index contributed by atoms with van der Waals surface area (Å²) >= 11 is 6.40. The summed E-state index contributed by atoms with van der Waals surface area (Å²) in [6.45, 7) is 2.89. The highest BCUT2D eigenvalue weighted by atomic mass is 35.5. The number of anilines is 1. The van der Waals surface area contributed by atoms with Crippen LogP contribution in [-0.4, -0.2) is 83.6 Å². The SMILES string of the molecule is NS(=O)(=O)N1CCC(F)C1c1cc(Cl)cc(-c2cn(-c3ccc(N4CCNCC4)cc3F)nc2-c2ccncc2)c1F.O=C(O)C(F)(F)F. The van der Waals surface area contributed by atoms with Gasteiger partial charge in [0.1, 0.15) is 23.4 Å². The Morgan fingerprint density at radius 3 is 2.27 bits per heavy atom. The van der Waals surface area contributed by atoms with Gasteiger partial charge in [0.05, 0.1) is 6.04 Å². The fourth-order valence-corrected chi connectivity index (χ4v) is 6.75. The number of aromatic nitrogens is 3. The molecule has 0 radical (unpaired) electrons. The summed E-state index contributed by atoms with van der Waals surface area (Å²) in [6.07, 6.45) is -2.38. The number of alkyl halides is 4. The molecule has 2 aromatic heterocycles. The van der Waals surface area contributed by atoms with Crippen molar-refractivity contribution in [3.63, 3.8) is 0 Å². The Hall–Kier alpha value is -4.23. The lowest BCUT2D eigenvalue weighted by Crippen LogP contribution is -2.43. The van der Waals surface area contributed by atoms with Gasteiger partial charge in [-0.1, -0.05) is 11.6 Å². The van der Waals surface area contributed by atoms with Crippen molar-refractivity contribution in [1.29, 1.82) is 0 Å². The Balaban J connectivity index is 0.000000606. The fraction of sp³-hybridized carbons (Fsp3) is 0.300. The molecule has 2 unspecified atom stereocenters. The van der Waals surface area contributed by atoms with Crippen LogP contribution in [0.3, 0.4) is 0 Å². The van der Waals surface area contributed by atoms with Crippen molar-refractivity contribution in [2.45, 2.75) is 24.8 Å². The normalized spacial score (nSPS) is 18.7. The first-order valence-corrected chi connectivity index (χ1v) is 16.4. The highest BCUT2D eigenvalue weighted by molar-refractivity contribution is 7.86. The number of rotatable bonds is 6. The standard InChI is InChI=1S/C28H27ClF3N7O2S.C2HF3O2/c29-18-13-20(26(32)21(14-18)28-23(30)5-10-39(28)42(33,40)41)22-16-38(36-27(22)17-3-6-34-7-4-17)25-2-1-19(15-24(25)31)37-11-8-35-9-12-37;3-2(4,5)1(6)7/h1-4,6-7,13-16,23,28,35H,5,8-12H2,(H2,33,40,41);(H,6,7). The number of hydrogen-bond donors (Lipinski definition) is 3. The molecule has 0 spiro atoms. The van der Waals surface area contributed by atoms with Gasteiger partial charge in [-0.05, 0) is 48.9 Å². The van der Waals surface area contributed by atoms with E-state index in [1.165, 1.54) is 41.5 Å². The van der Waals surface area contributed by atoms with E-state index in [1.807, 2.05) is 0 Å². The number of piperazine rings is 1. The quantitative estimate of drug-likeness (QED) is 0.239. The van der Waals surface area contributed by atoms with E-state index in [0.717, 1.165) is 36.2 Å². The van der Waals surface area contributed by atoms with E-state index in [1.54, 1.807) is 24.3 Å². The third-order valence-corrected chi connectivity index (χ3v) is 9.13. The number of pyridine rings is 1. The lowest BCUT2D eigenvalue weighted by atomic mass is 9.95. The van der Waals surface area contributed by atoms with Gasteiger partial charge in [-0.2, -0.15) is 31.0 Å². The molecule has 4 N–H and O–H groups in total. The van der Waals surface area contributed by atoms with Gasteiger partial charge < -0.3 is 15.3 Å². The molecule has 4 heterocycles. The molecule has 2 saturated heterocycles. The predicted octanol–water partition coefficient (Wildman–Crippen LogP) is 4.86. The Morgan fingerprint density at radius 2 is 1.67 bits per heavy atom. The number of nitrogens with two attached hydrogens (primary N) is 1. The Bertz CT molecular complexity index is 1940. The summed E-state index contributed by atoms with van der Waals surface area (Å²) in [5.74, 6) is -4.16. The molecule has 262 valence electrons. The van der Waals surface area contributed by atoms with Gasteiger partial charge in [-0.25, -0.2) is 27.8 Å². The number of carbonyl (C=O) groups is 1. The van der Waals surface area contributed by atoms with E-state index < -0.39 is 46.2 Å². The molecule has 2 fully saturated rings. The first-order chi connectivity index (χ1) is 23.1. The molecule has 2 aromatic carbocycles. The third kappa shape index (κ3) is 7.99. The van der Waals surface area contributed by atoms with Crippen LogP contribution in [0.4, 0.5) is 32.0 Å². The lowest BCUT2D eigenvalue weighted by Gasteiger charge is -2.29. The summed E-state index contributed by atoms with van der Waals surface area (Å²) in [7, 11) is -4.33. The number of hydrogen-bond acceptors (Lipinski definition) is 7. The number of nitrogens with zero attached hydrogens (tertiary/aromatic N) is 5. The van der Waals surface area contributed by atoms with Crippen molar-refractivity contribution in [3.05, 3.63) is 83.3 Å². The van der Waals surface area contributed by atoms with Gasteiger partial charge in [0, 0.05) is 84.3 Å². The van der Waals surface area contributed by atoms with E-state index >= 15 is 13.2 Å². The largest absolute Gasteiger partial charge is 0.490 e. The first kappa shape index (κ1) is 36.1. The maximum absolute atomic E-state index is 16.3. The molecule has 0 aliphatic carbocycles. The molecular weight excluding hydrogens is 704 g/mol. The summed E-state index contributed by atoms with van der Waals surface area (Å²) in [5, 5.41) is 20.4. The van der Waals surface area contributed by atoms with Gasteiger partial charge in [0.15, 0.2) is 5.82 Å². The second-order valence-corrected chi connectivity index (χ2v) is 12.9. The zero-order valence-electron chi connectivity index (χ0n) is 25.2. The molecule has 0 bridgehead atoms. The molecular formula is C30H28ClF6N7O4S. The van der Waals surface area contributed by atoms with Crippen molar-refractivity contribution in [3.8, 4) is 28.1 Å². The predicted molar refractivity (Wildman–Crippen MR) is 168 cm³/mol. The van der Waals surface area contributed by atoms with Crippen molar-refractivity contribution < 1.29 is 44.7 Å². The average molecular weight is 732 g/mol. The van der Waals surface area contributed by atoms with Crippen LogP contribution in [0.2, 0.25) is 5.02 Å². The van der Waals surface area contributed by atoms with E-state index in [0.29, 0.717) is 11.3 Å². The van der Waals surface area contributed by atoms with E-state index in [4.69, 9.17) is 26.6 Å². The molecule has 0 amide bonds. The minimum absolute atomic E-state index is 0.0508. The van der Waals surface area contributed by atoms with Gasteiger partial charge in [0.2, 0.25) is 0 Å². The van der Waals surface area contributed by atoms with Gasteiger partial charge >= 0.3 is 12.1 Å². The van der Waals surface area contributed by atoms with E-state index in [-0.39, 0.29) is 40.4 Å². The van der Waals surface area contributed by atoms with Crippen LogP contribution in [0, 0.1) is 11.6 Å². The second-order valence-electron chi connectivity index (χ2n) is 11.0. The number of nitrogens with one attached hydrogen (secondary N) is 1. The Labute approximate surface area is 281 Å². The molecule has 4 aromatic rings. The first-order valence-electron chi connectivity index (χ1n) is 14.5. The molecule has 2 atom stereocenters. The minimum atomic E-state index is -5.08. The van der Waals surface area contributed by atoms with Crippen molar-refractivity contribution in [1.82, 2.24) is 24.4 Å². The van der Waals surface area contributed by atoms with Gasteiger partial charge in [-0.3, -0.25) is 4.98 Å². The summed E-state index contributed by atoms with van der Waals surface area (Å²) in [4.78, 5) is 15.0. The molecule has 6 rings (SSSR count). The maximum atomic E-state index is 16.3. The van der Waals surface area contributed by atoms with Crippen molar-refractivity contribution >= 4 is 33.5 Å². The number of carboxylic acids is 1. The monoisotopic (exact) mass is 731 g/mol. The second kappa shape index (κ2) is 14.3. The fourth-order valence-electron chi connectivity index (χ4n) is 5.60. The van der Waals surface area contributed by atoms with Crippen LogP contribution in [0.5, 0.6) is 0 Å². The summed E-state index contributed by atoms with van der Waals surface area (Å²) < 4.78 is 105. The average Bonchev–Trinajstić information content (AvgIpc) is 3.67. The number of benzene rings is 2. The lowest BCUT2D eigenvalue weighted by molar-refractivity contribution is -0.192. The summed E-state index contributed by atoms with van der Waals surface area (Å²) in [6, 6.07) is 9.24. The van der Waals surface area contributed by atoms with Crippen LogP contribution >= 0.6 is 11.6 Å². The molecule has 2 aliphatic heterocycles. The highest BCUT2D eigenvalue weighted by Gasteiger charge is 2.43. The third-order valence-electron chi connectivity index (χ3n) is 7.85. The molecule has 49 heavy (non-hydrogen) atoms. The van der Waals surface area contributed by atoms with Gasteiger partial charge in [0.25, 0.3) is 10.2 Å².